The number of aromatic nitrogens is 2. The van der Waals surface area contributed by atoms with Crippen LogP contribution in [0.2, 0.25) is 5.15 Å². The molecule has 72 valence electrons. The van der Waals surface area contributed by atoms with Gasteiger partial charge in [0.2, 0.25) is 0 Å². The summed E-state index contributed by atoms with van der Waals surface area (Å²) in [5, 5.41) is 2.43. The maximum atomic E-state index is 10.9. The first-order chi connectivity index (χ1) is 6.70. The van der Waals surface area contributed by atoms with Crippen molar-refractivity contribution < 1.29 is 14.3 Å². The lowest BCUT2D eigenvalue weighted by molar-refractivity contribution is -0.118. The molecule has 0 bridgehead atoms. The molecule has 0 radical (unpaired) electrons. The van der Waals surface area contributed by atoms with Crippen molar-refractivity contribution in [2.24, 2.45) is 0 Å². The molecule has 6 nitrogen and oxygen atoms in total. The molecule has 1 aliphatic rings. The monoisotopic (exact) mass is 213 g/mol. The maximum Gasteiger partial charge on any atom is 0.263 e. The van der Waals surface area contributed by atoms with Crippen LogP contribution < -0.4 is 10.1 Å². The van der Waals surface area contributed by atoms with E-state index in [1.54, 1.807) is 0 Å². The Kier molecular flexibility index (Phi) is 2.05. The topological polar surface area (TPSA) is 81.2 Å². The van der Waals surface area contributed by atoms with Crippen molar-refractivity contribution in [3.63, 3.8) is 0 Å². The van der Waals surface area contributed by atoms with E-state index < -0.39 is 0 Å². The van der Waals surface area contributed by atoms with E-state index in [0.717, 1.165) is 0 Å². The molecule has 0 saturated heterocycles. The highest BCUT2D eigenvalue weighted by Gasteiger charge is 2.21. The van der Waals surface area contributed by atoms with Gasteiger partial charge in [0.1, 0.15) is 0 Å². The number of hydrogen-bond acceptors (Lipinski definition) is 5. The number of hydrogen-bond donors (Lipinski definition) is 1. The van der Waals surface area contributed by atoms with Crippen LogP contribution >= 0.6 is 11.6 Å². The second-order valence-corrected chi connectivity index (χ2v) is 2.86. The van der Waals surface area contributed by atoms with E-state index >= 15 is 0 Å². The van der Waals surface area contributed by atoms with Gasteiger partial charge in [0.05, 0.1) is 0 Å². The summed E-state index contributed by atoms with van der Waals surface area (Å²) in [6.45, 7) is -0.128. The number of nitrogens with zero attached hydrogens (tertiary/aromatic N) is 2. The minimum absolute atomic E-state index is 0.0112. The van der Waals surface area contributed by atoms with Crippen LogP contribution in [0.5, 0.6) is 5.75 Å². The Morgan fingerprint density at radius 3 is 3.00 bits per heavy atom. The number of nitrogens with one attached hydrogen (secondary N) is 1. The van der Waals surface area contributed by atoms with Crippen LogP contribution in [0.15, 0.2) is 0 Å². The molecule has 0 aromatic carbocycles. The first-order valence-electron chi connectivity index (χ1n) is 3.66. The average molecular weight is 214 g/mol. The van der Waals surface area contributed by atoms with Crippen molar-refractivity contribution in [2.75, 3.05) is 11.9 Å². The molecule has 0 unspecified atom stereocenters. The molecule has 7 heteroatoms. The zero-order valence-corrected chi connectivity index (χ0v) is 7.54. The van der Waals surface area contributed by atoms with Gasteiger partial charge in [-0.15, -0.1) is 0 Å². The lowest BCUT2D eigenvalue weighted by atomic mass is 10.4. The molecular formula is C7H4ClN3O3. The third-order valence-corrected chi connectivity index (χ3v) is 1.81. The summed E-state index contributed by atoms with van der Waals surface area (Å²) in [5.74, 6) is -0.121. The molecule has 2 rings (SSSR count). The molecule has 2 heterocycles. The van der Waals surface area contributed by atoms with Gasteiger partial charge in [0.25, 0.3) is 5.91 Å². The van der Waals surface area contributed by atoms with Gasteiger partial charge in [-0.3, -0.25) is 9.59 Å². The largest absolute Gasteiger partial charge is 0.477 e. The van der Waals surface area contributed by atoms with Gasteiger partial charge < -0.3 is 10.1 Å². The Morgan fingerprint density at radius 1 is 1.50 bits per heavy atom. The van der Waals surface area contributed by atoms with Gasteiger partial charge in [0, 0.05) is 0 Å². The maximum absolute atomic E-state index is 10.9. The Balaban J connectivity index is 2.53. The minimum Gasteiger partial charge on any atom is -0.477 e. The molecule has 1 aliphatic heterocycles. The number of carbonyl (C=O) groups is 2. The van der Waals surface area contributed by atoms with Crippen molar-refractivity contribution >= 4 is 29.6 Å². The van der Waals surface area contributed by atoms with Crippen molar-refractivity contribution in [3.05, 3.63) is 11.0 Å². The van der Waals surface area contributed by atoms with Gasteiger partial charge in [-0.05, 0) is 0 Å². The van der Waals surface area contributed by atoms with Crippen molar-refractivity contribution in [1.29, 1.82) is 0 Å². The third-order valence-electron chi connectivity index (χ3n) is 1.55. The summed E-state index contributed by atoms with van der Waals surface area (Å²) in [6, 6.07) is 0. The van der Waals surface area contributed by atoms with Gasteiger partial charge in [-0.1, -0.05) is 11.6 Å². The first-order valence-corrected chi connectivity index (χ1v) is 4.04. The Morgan fingerprint density at radius 2 is 2.29 bits per heavy atom. The fourth-order valence-corrected chi connectivity index (χ4v) is 1.24. The number of anilines is 1. The van der Waals surface area contributed by atoms with Crippen LogP contribution in [-0.2, 0) is 4.79 Å². The molecule has 0 atom stereocenters. The normalized spacial score (nSPS) is 13.9. The standard InChI is InChI=1S/C7H4ClN3O3/c8-6-5-7(10-3(1-12)9-6)11-4(13)2-14-5/h1H,2H2,(H,9,10,11,13). The predicted molar refractivity (Wildman–Crippen MR) is 46.6 cm³/mol. The van der Waals surface area contributed by atoms with Crippen LogP contribution in [0.25, 0.3) is 0 Å². The second-order valence-electron chi connectivity index (χ2n) is 2.51. The molecular weight excluding hydrogens is 210 g/mol. The summed E-state index contributed by atoms with van der Waals surface area (Å²) in [4.78, 5) is 28.7. The van der Waals surface area contributed by atoms with E-state index in [9.17, 15) is 9.59 Å². The van der Waals surface area contributed by atoms with E-state index in [2.05, 4.69) is 15.3 Å². The Hall–Kier alpha value is -1.69. The quantitative estimate of drug-likeness (QED) is 0.535. The van der Waals surface area contributed by atoms with E-state index in [1.165, 1.54) is 0 Å². The van der Waals surface area contributed by atoms with Gasteiger partial charge >= 0.3 is 0 Å². The zero-order chi connectivity index (χ0) is 10.1. The molecule has 0 saturated carbocycles. The highest BCUT2D eigenvalue weighted by molar-refractivity contribution is 6.31. The number of amides is 1. The van der Waals surface area contributed by atoms with Crippen molar-refractivity contribution in [3.8, 4) is 5.75 Å². The molecule has 0 fully saturated rings. The van der Waals surface area contributed by atoms with Crippen molar-refractivity contribution in [2.45, 2.75) is 0 Å². The average Bonchev–Trinajstić information content (AvgIpc) is 2.16. The van der Waals surface area contributed by atoms with E-state index in [4.69, 9.17) is 16.3 Å². The molecule has 1 N–H and O–H groups in total. The molecule has 0 spiro atoms. The summed E-state index contributed by atoms with van der Waals surface area (Å²) in [5.41, 5.74) is 0. The number of carbonyl (C=O) groups excluding carboxylic acids is 2. The summed E-state index contributed by atoms with van der Waals surface area (Å²) in [7, 11) is 0. The fourth-order valence-electron chi connectivity index (χ4n) is 1.01. The Labute approximate surface area is 83.2 Å². The molecule has 1 amide bonds. The highest BCUT2D eigenvalue weighted by Crippen LogP contribution is 2.31. The highest BCUT2D eigenvalue weighted by atomic mass is 35.5. The zero-order valence-electron chi connectivity index (χ0n) is 6.78. The number of rotatable bonds is 1. The SMILES string of the molecule is O=Cc1nc(Cl)c2c(n1)NC(=O)CO2. The molecule has 0 aliphatic carbocycles. The van der Waals surface area contributed by atoms with Crippen molar-refractivity contribution in [1.82, 2.24) is 9.97 Å². The predicted octanol–water partition coefficient (Wildman–Crippen LogP) is 0.273. The third kappa shape index (κ3) is 1.39. The molecule has 14 heavy (non-hydrogen) atoms. The van der Waals surface area contributed by atoms with Crippen LogP contribution in [0.4, 0.5) is 5.82 Å². The number of aldehydes is 1. The molecule has 1 aromatic heterocycles. The number of fused-ring (bicyclic) bond motifs is 1. The summed E-state index contributed by atoms with van der Waals surface area (Å²) >= 11 is 5.69. The van der Waals surface area contributed by atoms with Gasteiger partial charge in [0.15, 0.2) is 35.4 Å². The van der Waals surface area contributed by atoms with E-state index in [0.29, 0.717) is 6.29 Å². The first kappa shape index (κ1) is 8.89. The lowest BCUT2D eigenvalue weighted by Gasteiger charge is -2.16. The second kappa shape index (κ2) is 3.22. The molecule has 1 aromatic rings. The van der Waals surface area contributed by atoms with Crippen LogP contribution in [-0.4, -0.2) is 28.8 Å². The summed E-state index contributed by atoms with van der Waals surface area (Å²) in [6.07, 6.45) is 0.437. The van der Waals surface area contributed by atoms with Crippen LogP contribution in [0, 0.1) is 0 Å². The summed E-state index contributed by atoms with van der Waals surface area (Å²) < 4.78 is 4.98. The van der Waals surface area contributed by atoms with Gasteiger partial charge in [-0.2, -0.15) is 0 Å². The van der Waals surface area contributed by atoms with Crippen LogP contribution in [0.1, 0.15) is 10.6 Å². The van der Waals surface area contributed by atoms with Gasteiger partial charge in [-0.25, -0.2) is 9.97 Å². The Bertz CT molecular complexity index is 421. The van der Waals surface area contributed by atoms with Crippen LogP contribution in [0.3, 0.4) is 0 Å². The fraction of sp³-hybridized carbons (Fsp3) is 0.143. The lowest BCUT2D eigenvalue weighted by Crippen LogP contribution is -2.27. The van der Waals surface area contributed by atoms with E-state index in [1.807, 2.05) is 0 Å². The number of halogens is 1. The van der Waals surface area contributed by atoms with E-state index in [-0.39, 0.29) is 35.1 Å². The minimum atomic E-state index is -0.343. The number of ether oxygens (including phenoxy) is 1. The smallest absolute Gasteiger partial charge is 0.263 e.